The maximum atomic E-state index is 14.5. The molecule has 14 heteroatoms. The van der Waals surface area contributed by atoms with Gasteiger partial charge in [0, 0.05) is 37.2 Å². The van der Waals surface area contributed by atoms with Gasteiger partial charge >= 0.3 is 6.09 Å². The second-order valence-electron chi connectivity index (χ2n) is 14.7. The number of fused-ring (bicyclic) bond motifs is 2. The third kappa shape index (κ3) is 9.30. The number of nitrogens with zero attached hydrogens (tertiary/aromatic N) is 2. The van der Waals surface area contributed by atoms with Gasteiger partial charge < -0.3 is 34.5 Å². The molecule has 286 valence electrons. The van der Waals surface area contributed by atoms with Crippen molar-refractivity contribution in [2.24, 2.45) is 11.3 Å². The molecule has 53 heavy (non-hydrogen) atoms. The van der Waals surface area contributed by atoms with E-state index >= 15 is 0 Å². The fourth-order valence-electron chi connectivity index (χ4n) is 7.48. The van der Waals surface area contributed by atoms with Crippen molar-refractivity contribution < 1.29 is 47.2 Å². The summed E-state index contributed by atoms with van der Waals surface area (Å²) in [6.07, 6.45) is -0.390. The second-order valence-corrected chi connectivity index (χ2v) is 16.6. The van der Waals surface area contributed by atoms with Crippen molar-refractivity contribution in [1.82, 2.24) is 14.5 Å². The van der Waals surface area contributed by atoms with Crippen molar-refractivity contribution in [2.45, 2.75) is 75.3 Å². The number of amides is 2. The van der Waals surface area contributed by atoms with Crippen molar-refractivity contribution in [2.75, 3.05) is 39.6 Å². The summed E-state index contributed by atoms with van der Waals surface area (Å²) in [5.74, 6) is 0.377. The number of carboxylic acid groups (broad SMARTS) is 1. The van der Waals surface area contributed by atoms with Crippen molar-refractivity contribution in [1.29, 1.82) is 0 Å². The number of aliphatic hydroxyl groups is 1. The SMILES string of the molecule is CC(C)(CCCCNC(=O)c1ccccc1)CN(C[C@@H](O)[C@H](Cc1ccccc1)N(C(=O)O)[C@H]1CO[C@H]2OCC[C@H]21)S(=O)(=O)c1ccc2c(c1)OCO2. The Bertz CT molecular complexity index is 1810. The molecule has 6 rings (SSSR count). The van der Waals surface area contributed by atoms with Gasteiger partial charge in [-0.1, -0.05) is 68.8 Å². The Balaban J connectivity index is 1.23. The highest BCUT2D eigenvalue weighted by molar-refractivity contribution is 7.89. The summed E-state index contributed by atoms with van der Waals surface area (Å²) < 4.78 is 52.7. The van der Waals surface area contributed by atoms with E-state index in [1.165, 1.54) is 21.3 Å². The minimum Gasteiger partial charge on any atom is -0.465 e. The molecule has 0 unspecified atom stereocenters. The van der Waals surface area contributed by atoms with Crippen LogP contribution >= 0.6 is 0 Å². The largest absolute Gasteiger partial charge is 0.465 e. The van der Waals surface area contributed by atoms with Crippen LogP contribution in [-0.2, 0) is 25.9 Å². The first kappa shape index (κ1) is 38.5. The van der Waals surface area contributed by atoms with Gasteiger partial charge in [0.15, 0.2) is 17.8 Å². The first-order chi connectivity index (χ1) is 25.4. The average molecular weight is 752 g/mol. The number of unbranched alkanes of at least 4 members (excludes halogenated alkanes) is 1. The van der Waals surface area contributed by atoms with Crippen LogP contribution in [0.1, 0.15) is 55.5 Å². The van der Waals surface area contributed by atoms with Gasteiger partial charge in [-0.3, -0.25) is 9.69 Å². The van der Waals surface area contributed by atoms with Gasteiger partial charge in [0.25, 0.3) is 5.91 Å². The highest BCUT2D eigenvalue weighted by Gasteiger charge is 2.49. The molecule has 0 spiro atoms. The lowest BCUT2D eigenvalue weighted by Gasteiger charge is -2.40. The topological polar surface area (TPSA) is 164 Å². The molecule has 0 aromatic heterocycles. The number of sulfonamides is 1. The van der Waals surface area contributed by atoms with Crippen molar-refractivity contribution in [3.63, 3.8) is 0 Å². The number of carbonyl (C=O) groups excluding carboxylic acids is 1. The number of rotatable bonds is 17. The minimum atomic E-state index is -4.24. The number of hydrogen-bond acceptors (Lipinski definition) is 9. The number of ether oxygens (including phenoxy) is 4. The first-order valence-corrected chi connectivity index (χ1v) is 19.6. The van der Waals surface area contributed by atoms with E-state index in [1.54, 1.807) is 18.2 Å². The Morgan fingerprint density at radius 3 is 2.42 bits per heavy atom. The van der Waals surface area contributed by atoms with Crippen molar-refractivity contribution in [3.8, 4) is 11.5 Å². The maximum Gasteiger partial charge on any atom is 0.407 e. The molecule has 3 aromatic rings. The molecule has 3 aliphatic heterocycles. The fourth-order valence-corrected chi connectivity index (χ4v) is 9.14. The molecule has 2 saturated heterocycles. The van der Waals surface area contributed by atoms with Gasteiger partial charge in [-0.2, -0.15) is 4.31 Å². The number of nitrogens with one attached hydrogen (secondary N) is 1. The molecule has 0 radical (unpaired) electrons. The van der Waals surface area contributed by atoms with E-state index in [1.807, 2.05) is 62.4 Å². The summed E-state index contributed by atoms with van der Waals surface area (Å²) in [4.78, 5) is 26.8. The summed E-state index contributed by atoms with van der Waals surface area (Å²) in [6.45, 7) is 4.59. The molecule has 3 aliphatic rings. The molecule has 0 aliphatic carbocycles. The monoisotopic (exact) mass is 751 g/mol. The highest BCUT2D eigenvalue weighted by Crippen LogP contribution is 2.38. The van der Waals surface area contributed by atoms with E-state index in [-0.39, 0.29) is 49.6 Å². The van der Waals surface area contributed by atoms with E-state index in [2.05, 4.69) is 5.32 Å². The summed E-state index contributed by atoms with van der Waals surface area (Å²) in [5, 5.41) is 25.8. The van der Waals surface area contributed by atoms with E-state index in [0.717, 1.165) is 5.56 Å². The first-order valence-electron chi connectivity index (χ1n) is 18.1. The van der Waals surface area contributed by atoms with Crippen LogP contribution in [0.5, 0.6) is 11.5 Å². The molecule has 2 amide bonds. The van der Waals surface area contributed by atoms with Crippen LogP contribution in [0.25, 0.3) is 0 Å². The molecule has 5 atom stereocenters. The van der Waals surface area contributed by atoms with E-state index in [4.69, 9.17) is 18.9 Å². The van der Waals surface area contributed by atoms with Crippen LogP contribution in [0.2, 0.25) is 0 Å². The molecule has 3 aromatic carbocycles. The van der Waals surface area contributed by atoms with Crippen LogP contribution in [-0.4, -0.2) is 104 Å². The Morgan fingerprint density at radius 1 is 0.962 bits per heavy atom. The Labute approximate surface area is 310 Å². The zero-order valence-electron chi connectivity index (χ0n) is 30.1. The highest BCUT2D eigenvalue weighted by atomic mass is 32.2. The summed E-state index contributed by atoms with van der Waals surface area (Å²) in [6, 6.07) is 21.1. The lowest BCUT2D eigenvalue weighted by Crippen LogP contribution is -2.58. The summed E-state index contributed by atoms with van der Waals surface area (Å²) in [5.41, 5.74) is 0.812. The van der Waals surface area contributed by atoms with Crippen LogP contribution in [0, 0.1) is 11.3 Å². The van der Waals surface area contributed by atoms with Crippen molar-refractivity contribution >= 4 is 22.0 Å². The van der Waals surface area contributed by atoms with Crippen molar-refractivity contribution in [3.05, 3.63) is 90.0 Å². The smallest absolute Gasteiger partial charge is 0.407 e. The molecule has 2 fully saturated rings. The lowest BCUT2D eigenvalue weighted by molar-refractivity contribution is -0.0906. The van der Waals surface area contributed by atoms with E-state index < -0.39 is 46.0 Å². The van der Waals surface area contributed by atoms with Gasteiger partial charge in [-0.25, -0.2) is 13.2 Å². The fraction of sp³-hybridized carbons (Fsp3) is 0.487. The van der Waals surface area contributed by atoms with Gasteiger partial charge in [0.05, 0.1) is 36.3 Å². The molecule has 0 saturated carbocycles. The number of benzene rings is 3. The zero-order chi connectivity index (χ0) is 37.6. The predicted octanol–water partition coefficient (Wildman–Crippen LogP) is 4.75. The second kappa shape index (κ2) is 16.9. The number of hydrogen-bond donors (Lipinski definition) is 3. The molecular weight excluding hydrogens is 703 g/mol. The average Bonchev–Trinajstić information content (AvgIpc) is 3.90. The molecule has 13 nitrogen and oxygen atoms in total. The van der Waals surface area contributed by atoms with E-state index in [0.29, 0.717) is 55.9 Å². The minimum absolute atomic E-state index is 0.0238. The molecule has 0 bridgehead atoms. The molecule has 3 heterocycles. The van der Waals surface area contributed by atoms with Crippen LogP contribution in [0.15, 0.2) is 83.8 Å². The maximum absolute atomic E-state index is 14.5. The summed E-state index contributed by atoms with van der Waals surface area (Å²) in [7, 11) is -4.24. The lowest BCUT2D eigenvalue weighted by atomic mass is 9.87. The van der Waals surface area contributed by atoms with Gasteiger partial charge in [-0.15, -0.1) is 0 Å². The summed E-state index contributed by atoms with van der Waals surface area (Å²) >= 11 is 0. The van der Waals surface area contributed by atoms with Gasteiger partial charge in [-0.05, 0) is 60.9 Å². The third-order valence-electron chi connectivity index (χ3n) is 10.3. The van der Waals surface area contributed by atoms with Gasteiger partial charge in [0.1, 0.15) is 0 Å². The number of carbonyl (C=O) groups is 2. The van der Waals surface area contributed by atoms with Crippen LogP contribution < -0.4 is 14.8 Å². The Morgan fingerprint density at radius 2 is 1.68 bits per heavy atom. The van der Waals surface area contributed by atoms with E-state index in [9.17, 15) is 28.2 Å². The van der Waals surface area contributed by atoms with Crippen LogP contribution in [0.3, 0.4) is 0 Å². The predicted molar refractivity (Wildman–Crippen MR) is 195 cm³/mol. The third-order valence-corrected chi connectivity index (χ3v) is 12.1. The standard InChI is InChI=1S/C39H49N3O10S/c1-39(2,18-9-10-19-40-36(44)28-13-7-4-8-14-28)25-41(53(47,48)29-15-16-34-35(22-29)52-26-51-34)23-33(43)31(21-27-11-5-3-6-12-27)42(38(45)46)32-24-50-37-30(32)17-20-49-37/h3-8,11-16,22,30-33,37,43H,9-10,17-21,23-26H2,1-2H3,(H,40,44)(H,45,46)/t30-,31-,32-,33+,37+/m0/s1. The van der Waals surface area contributed by atoms with Crippen LogP contribution in [0.4, 0.5) is 4.79 Å². The molecule has 3 N–H and O–H groups in total. The quantitative estimate of drug-likeness (QED) is 0.164. The number of aliphatic hydroxyl groups excluding tert-OH is 1. The zero-order valence-corrected chi connectivity index (χ0v) is 31.0. The Kier molecular flexibility index (Phi) is 12.2. The normalized spacial score (nSPS) is 20.6. The van der Waals surface area contributed by atoms with Gasteiger partial charge in [0.2, 0.25) is 16.8 Å². The Hall–Kier alpha value is -4.21. The molecular formula is C39H49N3O10S.